The van der Waals surface area contributed by atoms with E-state index in [4.69, 9.17) is 10.2 Å². The van der Waals surface area contributed by atoms with Gasteiger partial charge in [-0.05, 0) is 25.5 Å². The number of aromatic nitrogens is 1. The lowest BCUT2D eigenvalue weighted by Gasteiger charge is -2.22. The Morgan fingerprint density at radius 2 is 1.73 bits per heavy atom. The van der Waals surface area contributed by atoms with Crippen LogP contribution in [0, 0.1) is 13.8 Å². The molecule has 0 spiro atoms. The van der Waals surface area contributed by atoms with Crippen LogP contribution in [0.15, 0.2) is 24.3 Å². The molecule has 0 aliphatic carbocycles. The van der Waals surface area contributed by atoms with Crippen LogP contribution in [0.25, 0.3) is 10.9 Å². The quantitative estimate of drug-likeness (QED) is 0.531. The van der Waals surface area contributed by atoms with Gasteiger partial charge in [-0.15, -0.1) is 0 Å². The van der Waals surface area contributed by atoms with E-state index >= 15 is 0 Å². The minimum Gasteiger partial charge on any atom is -0.391 e. The number of fused-ring (bicyclic) bond motifs is 1. The van der Waals surface area contributed by atoms with Crippen molar-refractivity contribution in [3.05, 3.63) is 35.5 Å². The summed E-state index contributed by atoms with van der Waals surface area (Å²) in [4.78, 5) is 1.02. The molecular weight excluding hydrogens is 280 g/mol. The van der Waals surface area contributed by atoms with Gasteiger partial charge in [0.2, 0.25) is 0 Å². The lowest BCUT2D eigenvalue weighted by molar-refractivity contribution is -0.904. The van der Waals surface area contributed by atoms with Crippen molar-refractivity contribution >= 4 is 10.9 Å². The molecule has 1 unspecified atom stereocenters. The Hall–Kier alpha value is -1.40. The zero-order valence-electron chi connectivity index (χ0n) is 13.4. The summed E-state index contributed by atoms with van der Waals surface area (Å²) in [5.41, 5.74) is 3.56. The predicted molar refractivity (Wildman–Crippen MR) is 87.2 cm³/mol. The van der Waals surface area contributed by atoms with Crippen LogP contribution in [0.2, 0.25) is 0 Å². The molecule has 122 valence electrons. The standard InChI is InChI=1S/C17H26N2O3/c1-13-14(2)19(17-6-4-3-5-16(13)17)12-15(22)11-18(7-9-20)8-10-21/h3-6,15,20-22H,7-12H2,1-2H3/p+1. The second-order valence-corrected chi connectivity index (χ2v) is 5.89. The van der Waals surface area contributed by atoms with Gasteiger partial charge in [-0.1, -0.05) is 18.2 Å². The topological polar surface area (TPSA) is 70.1 Å². The molecule has 0 saturated heterocycles. The second-order valence-electron chi connectivity index (χ2n) is 5.89. The molecule has 22 heavy (non-hydrogen) atoms. The van der Waals surface area contributed by atoms with E-state index in [1.54, 1.807) is 0 Å². The molecular formula is C17H27N2O3+. The van der Waals surface area contributed by atoms with E-state index in [-0.39, 0.29) is 13.2 Å². The zero-order valence-corrected chi connectivity index (χ0v) is 13.4. The molecule has 2 aromatic rings. The molecule has 0 radical (unpaired) electrons. The Bertz CT molecular complexity index is 603. The van der Waals surface area contributed by atoms with Crippen LogP contribution in [-0.2, 0) is 6.54 Å². The molecule has 5 heteroatoms. The second kappa shape index (κ2) is 7.74. The van der Waals surface area contributed by atoms with Crippen molar-refractivity contribution in [2.45, 2.75) is 26.5 Å². The Kier molecular flexibility index (Phi) is 5.97. The number of nitrogens with zero attached hydrogens (tertiary/aromatic N) is 1. The van der Waals surface area contributed by atoms with Crippen LogP contribution in [-0.4, -0.2) is 58.8 Å². The molecule has 0 aliphatic heterocycles. The van der Waals surface area contributed by atoms with Crippen LogP contribution < -0.4 is 4.90 Å². The van der Waals surface area contributed by atoms with Gasteiger partial charge >= 0.3 is 0 Å². The Morgan fingerprint density at radius 1 is 1.09 bits per heavy atom. The number of nitrogens with one attached hydrogen (secondary N) is 1. The molecule has 2 rings (SSSR count). The largest absolute Gasteiger partial charge is 0.391 e. The predicted octanol–water partition coefficient (Wildman–Crippen LogP) is -0.511. The van der Waals surface area contributed by atoms with E-state index in [0.29, 0.717) is 26.2 Å². The first-order valence-electron chi connectivity index (χ1n) is 7.86. The zero-order chi connectivity index (χ0) is 16.1. The van der Waals surface area contributed by atoms with E-state index in [2.05, 4.69) is 30.5 Å². The third-order valence-corrected chi connectivity index (χ3v) is 4.39. The highest BCUT2D eigenvalue weighted by Gasteiger charge is 2.18. The van der Waals surface area contributed by atoms with E-state index in [1.807, 2.05) is 12.1 Å². The number of hydrogen-bond donors (Lipinski definition) is 4. The molecule has 0 saturated carbocycles. The van der Waals surface area contributed by atoms with Gasteiger partial charge in [0.1, 0.15) is 25.7 Å². The fourth-order valence-electron chi connectivity index (χ4n) is 3.09. The first-order chi connectivity index (χ1) is 10.6. The number of quaternary nitrogens is 1. The normalized spacial score (nSPS) is 13.2. The molecule has 1 aromatic carbocycles. The van der Waals surface area contributed by atoms with Gasteiger partial charge in [0.15, 0.2) is 0 Å². The highest BCUT2D eigenvalue weighted by molar-refractivity contribution is 5.85. The first kappa shape index (κ1) is 17.0. The lowest BCUT2D eigenvalue weighted by Crippen LogP contribution is -3.14. The minimum absolute atomic E-state index is 0.0621. The molecule has 0 fully saturated rings. The SMILES string of the molecule is Cc1c(C)n(CC(O)C[NH+](CCO)CCO)c2ccccc12. The third kappa shape index (κ3) is 3.67. The maximum atomic E-state index is 10.4. The summed E-state index contributed by atoms with van der Waals surface area (Å²) in [6, 6.07) is 8.23. The van der Waals surface area contributed by atoms with Crippen molar-refractivity contribution in [1.29, 1.82) is 0 Å². The van der Waals surface area contributed by atoms with Crippen molar-refractivity contribution in [3.63, 3.8) is 0 Å². The van der Waals surface area contributed by atoms with Gasteiger partial charge in [0, 0.05) is 16.6 Å². The van der Waals surface area contributed by atoms with Gasteiger partial charge in [0.25, 0.3) is 0 Å². The molecule has 0 bridgehead atoms. The summed E-state index contributed by atoms with van der Waals surface area (Å²) < 4.78 is 2.16. The van der Waals surface area contributed by atoms with E-state index in [0.717, 1.165) is 10.4 Å². The van der Waals surface area contributed by atoms with Crippen molar-refractivity contribution < 1.29 is 20.2 Å². The maximum absolute atomic E-state index is 10.4. The molecule has 5 nitrogen and oxygen atoms in total. The summed E-state index contributed by atoms with van der Waals surface area (Å²) in [6.07, 6.45) is -0.512. The fraction of sp³-hybridized carbons (Fsp3) is 0.529. The van der Waals surface area contributed by atoms with Gasteiger partial charge in [-0.25, -0.2) is 0 Å². The Balaban J connectivity index is 2.14. The number of aliphatic hydroxyl groups is 3. The van der Waals surface area contributed by atoms with Gasteiger partial charge in [-0.2, -0.15) is 0 Å². The summed E-state index contributed by atoms with van der Waals surface area (Å²) in [5, 5.41) is 29.8. The summed E-state index contributed by atoms with van der Waals surface area (Å²) in [5.74, 6) is 0. The maximum Gasteiger partial charge on any atom is 0.121 e. The summed E-state index contributed by atoms with van der Waals surface area (Å²) in [7, 11) is 0. The molecule has 1 heterocycles. The number of para-hydroxylation sites is 1. The third-order valence-electron chi connectivity index (χ3n) is 4.39. The number of aryl methyl sites for hydroxylation is 1. The lowest BCUT2D eigenvalue weighted by atomic mass is 10.2. The Labute approximate surface area is 131 Å². The minimum atomic E-state index is -0.512. The number of rotatable bonds is 8. The van der Waals surface area contributed by atoms with Crippen LogP contribution in [0.4, 0.5) is 0 Å². The van der Waals surface area contributed by atoms with Crippen LogP contribution in [0.5, 0.6) is 0 Å². The van der Waals surface area contributed by atoms with Crippen LogP contribution in [0.3, 0.4) is 0 Å². The van der Waals surface area contributed by atoms with Crippen molar-refractivity contribution in [3.8, 4) is 0 Å². The highest BCUT2D eigenvalue weighted by Crippen LogP contribution is 2.24. The van der Waals surface area contributed by atoms with E-state index in [1.165, 1.54) is 16.6 Å². The average molecular weight is 307 g/mol. The van der Waals surface area contributed by atoms with E-state index in [9.17, 15) is 5.11 Å². The summed E-state index contributed by atoms with van der Waals surface area (Å²) in [6.45, 7) is 6.44. The summed E-state index contributed by atoms with van der Waals surface area (Å²) >= 11 is 0. The number of benzene rings is 1. The van der Waals surface area contributed by atoms with Crippen molar-refractivity contribution in [2.24, 2.45) is 0 Å². The Morgan fingerprint density at radius 3 is 2.36 bits per heavy atom. The smallest absolute Gasteiger partial charge is 0.121 e. The van der Waals surface area contributed by atoms with Crippen LogP contribution >= 0.6 is 0 Å². The number of aliphatic hydroxyl groups excluding tert-OH is 3. The van der Waals surface area contributed by atoms with Crippen LogP contribution in [0.1, 0.15) is 11.3 Å². The van der Waals surface area contributed by atoms with Crippen molar-refractivity contribution in [1.82, 2.24) is 4.57 Å². The monoisotopic (exact) mass is 307 g/mol. The fourth-order valence-corrected chi connectivity index (χ4v) is 3.09. The van der Waals surface area contributed by atoms with E-state index < -0.39 is 6.10 Å². The molecule has 1 atom stereocenters. The molecule has 0 amide bonds. The van der Waals surface area contributed by atoms with Crippen molar-refractivity contribution in [2.75, 3.05) is 32.8 Å². The van der Waals surface area contributed by atoms with Gasteiger partial charge < -0.3 is 24.8 Å². The molecule has 4 N–H and O–H groups in total. The van der Waals surface area contributed by atoms with Gasteiger partial charge in [0.05, 0.1) is 19.8 Å². The average Bonchev–Trinajstić information content (AvgIpc) is 2.73. The highest BCUT2D eigenvalue weighted by atomic mass is 16.3. The number of hydrogen-bond acceptors (Lipinski definition) is 3. The first-order valence-corrected chi connectivity index (χ1v) is 7.86. The van der Waals surface area contributed by atoms with Gasteiger partial charge in [-0.3, -0.25) is 0 Å². The molecule has 0 aliphatic rings. The molecule has 1 aromatic heterocycles.